The van der Waals surface area contributed by atoms with Crippen LogP contribution in [0.15, 0.2) is 15.9 Å². The molecular formula is C6H8N4Na2O2. The quantitative estimate of drug-likeness (QED) is 0.482. The van der Waals surface area contributed by atoms with E-state index in [9.17, 15) is 9.59 Å². The fraction of sp³-hybridized carbons (Fsp3) is 0.167. The Hall–Kier alpha value is 0.150. The standard InChI is InChI=1S/C6H6N4O2.2Na.2H/c1-10-4-3(7-2-8-4)5(11)9-6(10)12;;;;/h2H,1H3,(H,7,8)(H,9,11,12);;;;. The number of hydrogen-bond acceptors (Lipinski definition) is 3. The normalized spacial score (nSPS) is 9.21. The second kappa shape index (κ2) is 5.29. The van der Waals surface area contributed by atoms with Crippen LogP contribution in [0.2, 0.25) is 0 Å². The van der Waals surface area contributed by atoms with E-state index in [0.29, 0.717) is 11.2 Å². The van der Waals surface area contributed by atoms with Gasteiger partial charge in [-0.3, -0.25) is 14.3 Å². The Morgan fingerprint density at radius 2 is 2.00 bits per heavy atom. The van der Waals surface area contributed by atoms with Crippen LogP contribution in [0.1, 0.15) is 0 Å². The van der Waals surface area contributed by atoms with Gasteiger partial charge >= 0.3 is 64.8 Å². The summed E-state index contributed by atoms with van der Waals surface area (Å²) in [4.78, 5) is 30.7. The first kappa shape index (κ1) is 14.2. The fourth-order valence-corrected chi connectivity index (χ4v) is 1.05. The van der Waals surface area contributed by atoms with Crippen molar-refractivity contribution in [3.63, 3.8) is 0 Å². The predicted octanol–water partition coefficient (Wildman–Crippen LogP) is -2.35. The first-order valence-electron chi connectivity index (χ1n) is 3.32. The number of aromatic amines is 2. The zero-order chi connectivity index (χ0) is 8.72. The SMILES string of the molecule is Cn1c(=O)[nH]c(=O)c2[nH]cnc21.[NaH].[NaH]. The second-order valence-electron chi connectivity index (χ2n) is 2.42. The molecule has 0 aliphatic rings. The van der Waals surface area contributed by atoms with E-state index in [1.165, 1.54) is 10.9 Å². The van der Waals surface area contributed by atoms with Crippen molar-refractivity contribution in [2.24, 2.45) is 7.05 Å². The van der Waals surface area contributed by atoms with Gasteiger partial charge in [0, 0.05) is 7.05 Å². The van der Waals surface area contributed by atoms with Crippen LogP contribution >= 0.6 is 0 Å². The summed E-state index contributed by atoms with van der Waals surface area (Å²) in [5.74, 6) is 0. The van der Waals surface area contributed by atoms with Gasteiger partial charge in [0.05, 0.1) is 6.33 Å². The number of hydrogen-bond donors (Lipinski definition) is 2. The van der Waals surface area contributed by atoms with Crippen molar-refractivity contribution in [3.8, 4) is 0 Å². The van der Waals surface area contributed by atoms with E-state index in [1.54, 1.807) is 7.05 Å². The van der Waals surface area contributed by atoms with Crippen LogP contribution in [0.25, 0.3) is 11.2 Å². The van der Waals surface area contributed by atoms with Crippen molar-refractivity contribution in [3.05, 3.63) is 27.2 Å². The van der Waals surface area contributed by atoms with Crippen LogP contribution in [-0.2, 0) is 7.05 Å². The number of fused-ring (bicyclic) bond motifs is 1. The Morgan fingerprint density at radius 1 is 1.36 bits per heavy atom. The Balaban J connectivity index is 0.000000845. The van der Waals surface area contributed by atoms with Gasteiger partial charge in [0.25, 0.3) is 5.56 Å². The molecule has 2 N–H and O–H groups in total. The van der Waals surface area contributed by atoms with Crippen LogP contribution in [0.4, 0.5) is 0 Å². The summed E-state index contributed by atoms with van der Waals surface area (Å²) in [6.07, 6.45) is 1.37. The number of aromatic nitrogens is 4. The van der Waals surface area contributed by atoms with Crippen LogP contribution < -0.4 is 11.2 Å². The fourth-order valence-electron chi connectivity index (χ4n) is 1.05. The first-order valence-corrected chi connectivity index (χ1v) is 3.32. The summed E-state index contributed by atoms with van der Waals surface area (Å²) in [6, 6.07) is 0. The van der Waals surface area contributed by atoms with Crippen molar-refractivity contribution in [2.75, 3.05) is 0 Å². The van der Waals surface area contributed by atoms with E-state index in [-0.39, 0.29) is 59.1 Å². The Kier molecular flexibility index (Phi) is 5.35. The van der Waals surface area contributed by atoms with Crippen molar-refractivity contribution in [1.82, 2.24) is 19.5 Å². The minimum atomic E-state index is -0.459. The Labute approximate surface area is 123 Å². The van der Waals surface area contributed by atoms with Gasteiger partial charge in [0.2, 0.25) is 0 Å². The van der Waals surface area contributed by atoms with Crippen molar-refractivity contribution < 1.29 is 0 Å². The molecule has 2 heterocycles. The molecule has 2 aromatic rings. The molecule has 2 rings (SSSR count). The third-order valence-electron chi connectivity index (χ3n) is 1.69. The number of aryl methyl sites for hydroxylation is 1. The van der Waals surface area contributed by atoms with E-state index < -0.39 is 11.2 Å². The molecule has 0 atom stereocenters. The van der Waals surface area contributed by atoms with Crippen LogP contribution in [0, 0.1) is 0 Å². The Morgan fingerprint density at radius 3 is 2.64 bits per heavy atom. The summed E-state index contributed by atoms with van der Waals surface area (Å²) >= 11 is 0. The molecule has 8 heteroatoms. The zero-order valence-corrected chi connectivity index (χ0v) is 6.29. The van der Waals surface area contributed by atoms with Gasteiger partial charge in [-0.2, -0.15) is 0 Å². The first-order chi connectivity index (χ1) is 5.70. The molecule has 0 aliphatic carbocycles. The summed E-state index contributed by atoms with van der Waals surface area (Å²) < 4.78 is 1.27. The maximum absolute atomic E-state index is 11.1. The summed E-state index contributed by atoms with van der Waals surface area (Å²) in [5, 5.41) is 0. The van der Waals surface area contributed by atoms with Gasteiger partial charge in [-0.15, -0.1) is 0 Å². The number of rotatable bonds is 0. The Bertz CT molecular complexity index is 540. The average Bonchev–Trinajstić information content (AvgIpc) is 2.48. The van der Waals surface area contributed by atoms with Crippen molar-refractivity contribution in [2.45, 2.75) is 0 Å². The monoisotopic (exact) mass is 214 g/mol. The molecule has 14 heavy (non-hydrogen) atoms. The molecule has 66 valence electrons. The van der Waals surface area contributed by atoms with E-state index >= 15 is 0 Å². The molecule has 0 saturated heterocycles. The number of imidazole rings is 1. The molecular weight excluding hydrogens is 206 g/mol. The zero-order valence-electron chi connectivity index (χ0n) is 6.29. The third-order valence-corrected chi connectivity index (χ3v) is 1.69. The molecule has 0 bridgehead atoms. The predicted molar refractivity (Wildman–Crippen MR) is 56.3 cm³/mol. The van der Waals surface area contributed by atoms with Crippen LogP contribution in [0.3, 0.4) is 0 Å². The molecule has 0 aromatic carbocycles. The van der Waals surface area contributed by atoms with Crippen LogP contribution in [-0.4, -0.2) is 78.6 Å². The number of nitrogens with one attached hydrogen (secondary N) is 2. The van der Waals surface area contributed by atoms with Crippen molar-refractivity contribution >= 4 is 70.3 Å². The molecule has 6 nitrogen and oxygen atoms in total. The maximum atomic E-state index is 11.1. The molecule has 0 aliphatic heterocycles. The second-order valence-corrected chi connectivity index (χ2v) is 2.42. The summed E-state index contributed by atoms with van der Waals surface area (Å²) in [6.45, 7) is 0. The van der Waals surface area contributed by atoms with Gasteiger partial charge in [-0.05, 0) is 0 Å². The minimum absolute atomic E-state index is 0. The number of nitrogens with zero attached hydrogens (tertiary/aromatic N) is 2. The molecule has 0 saturated carbocycles. The number of H-pyrrole nitrogens is 2. The summed E-state index contributed by atoms with van der Waals surface area (Å²) in [7, 11) is 1.54. The van der Waals surface area contributed by atoms with E-state index in [0.717, 1.165) is 0 Å². The van der Waals surface area contributed by atoms with Gasteiger partial charge in [-0.1, -0.05) is 0 Å². The summed E-state index contributed by atoms with van der Waals surface area (Å²) in [5.41, 5.74) is -0.217. The van der Waals surface area contributed by atoms with Gasteiger partial charge < -0.3 is 4.98 Å². The van der Waals surface area contributed by atoms with E-state index in [4.69, 9.17) is 0 Å². The molecule has 0 unspecified atom stereocenters. The average molecular weight is 214 g/mol. The molecule has 0 radical (unpaired) electrons. The van der Waals surface area contributed by atoms with E-state index in [1.807, 2.05) is 0 Å². The topological polar surface area (TPSA) is 83.5 Å². The van der Waals surface area contributed by atoms with Gasteiger partial charge in [0.1, 0.15) is 5.52 Å². The van der Waals surface area contributed by atoms with Crippen LogP contribution in [0.5, 0.6) is 0 Å². The van der Waals surface area contributed by atoms with Crippen molar-refractivity contribution in [1.29, 1.82) is 0 Å². The van der Waals surface area contributed by atoms with Gasteiger partial charge in [0.15, 0.2) is 5.65 Å². The molecule has 0 fully saturated rings. The van der Waals surface area contributed by atoms with Gasteiger partial charge in [-0.25, -0.2) is 9.78 Å². The molecule has 0 amide bonds. The van der Waals surface area contributed by atoms with E-state index in [2.05, 4.69) is 15.0 Å². The molecule has 0 spiro atoms. The molecule has 2 aromatic heterocycles. The third kappa shape index (κ3) is 2.21.